The summed E-state index contributed by atoms with van der Waals surface area (Å²) in [5.74, 6) is -4.17. The van der Waals surface area contributed by atoms with Gasteiger partial charge in [-0.25, -0.2) is 8.78 Å². The summed E-state index contributed by atoms with van der Waals surface area (Å²) in [6, 6.07) is 4.33. The standard InChI is InChI=1S/C12H13Cl2F4NO/c1-19-9(5-20-6-12(17,18)11(15)16)7-3-2-4-8(13)10(7)14/h2-4,9,11,19H,5-6H2,1H3. The second kappa shape index (κ2) is 7.45. The van der Waals surface area contributed by atoms with E-state index in [-0.39, 0.29) is 11.6 Å². The van der Waals surface area contributed by atoms with Gasteiger partial charge in [-0.2, -0.15) is 8.78 Å². The van der Waals surface area contributed by atoms with Crippen LogP contribution in [0.15, 0.2) is 18.2 Å². The third-order valence-corrected chi connectivity index (χ3v) is 3.44. The average molecular weight is 334 g/mol. The van der Waals surface area contributed by atoms with Gasteiger partial charge in [-0.1, -0.05) is 35.3 Å². The van der Waals surface area contributed by atoms with Gasteiger partial charge in [-0.15, -0.1) is 0 Å². The van der Waals surface area contributed by atoms with Gasteiger partial charge in [0.1, 0.15) is 6.61 Å². The zero-order chi connectivity index (χ0) is 15.3. The lowest BCUT2D eigenvalue weighted by molar-refractivity contribution is -0.167. The molecule has 1 aromatic carbocycles. The normalized spacial score (nSPS) is 13.8. The zero-order valence-corrected chi connectivity index (χ0v) is 12.0. The van der Waals surface area contributed by atoms with Crippen LogP contribution in [0.3, 0.4) is 0 Å². The van der Waals surface area contributed by atoms with Crippen molar-refractivity contribution in [1.82, 2.24) is 5.32 Å². The third kappa shape index (κ3) is 4.48. The van der Waals surface area contributed by atoms with Gasteiger partial charge in [0.25, 0.3) is 0 Å². The van der Waals surface area contributed by atoms with Crippen molar-refractivity contribution in [3.8, 4) is 0 Å². The Bertz CT molecular complexity index is 445. The molecule has 20 heavy (non-hydrogen) atoms. The molecular weight excluding hydrogens is 321 g/mol. The Labute approximate surface area is 124 Å². The summed E-state index contributed by atoms with van der Waals surface area (Å²) in [5.41, 5.74) is 0.544. The van der Waals surface area contributed by atoms with Gasteiger partial charge >= 0.3 is 12.3 Å². The van der Waals surface area contributed by atoms with E-state index in [1.165, 1.54) is 0 Å². The van der Waals surface area contributed by atoms with E-state index in [9.17, 15) is 17.6 Å². The lowest BCUT2D eigenvalue weighted by atomic mass is 10.1. The molecule has 1 unspecified atom stereocenters. The Hall–Kier alpha value is -0.560. The van der Waals surface area contributed by atoms with Crippen LogP contribution < -0.4 is 5.32 Å². The second-order valence-corrected chi connectivity index (χ2v) is 4.85. The van der Waals surface area contributed by atoms with Crippen molar-refractivity contribution in [1.29, 1.82) is 0 Å². The predicted octanol–water partition coefficient (Wildman–Crippen LogP) is 4.17. The van der Waals surface area contributed by atoms with Crippen molar-refractivity contribution in [2.45, 2.75) is 18.4 Å². The van der Waals surface area contributed by atoms with E-state index in [1.54, 1.807) is 25.2 Å². The molecule has 0 saturated carbocycles. The van der Waals surface area contributed by atoms with Gasteiger partial charge in [-0.3, -0.25) is 0 Å². The van der Waals surface area contributed by atoms with E-state index in [4.69, 9.17) is 23.2 Å². The molecular formula is C12H13Cl2F4NO. The van der Waals surface area contributed by atoms with E-state index < -0.39 is 25.0 Å². The van der Waals surface area contributed by atoms with Crippen molar-refractivity contribution < 1.29 is 22.3 Å². The smallest absolute Gasteiger partial charge is 0.330 e. The summed E-state index contributed by atoms with van der Waals surface area (Å²) in [5, 5.41) is 3.37. The van der Waals surface area contributed by atoms with Gasteiger partial charge in [0, 0.05) is 0 Å². The molecule has 0 radical (unpaired) electrons. The first kappa shape index (κ1) is 17.5. The van der Waals surface area contributed by atoms with E-state index in [0.717, 1.165) is 0 Å². The van der Waals surface area contributed by atoms with Crippen LogP contribution in [0, 0.1) is 0 Å². The van der Waals surface area contributed by atoms with Crippen molar-refractivity contribution in [2.24, 2.45) is 0 Å². The zero-order valence-electron chi connectivity index (χ0n) is 10.5. The minimum Gasteiger partial charge on any atom is -0.373 e. The monoisotopic (exact) mass is 333 g/mol. The highest BCUT2D eigenvalue weighted by molar-refractivity contribution is 6.42. The van der Waals surface area contributed by atoms with Gasteiger partial charge < -0.3 is 10.1 Å². The molecule has 0 aliphatic rings. The number of hydrogen-bond acceptors (Lipinski definition) is 2. The molecule has 1 N–H and O–H groups in total. The summed E-state index contributed by atoms with van der Waals surface area (Å²) < 4.78 is 54.0. The van der Waals surface area contributed by atoms with Crippen molar-refractivity contribution in [2.75, 3.05) is 20.3 Å². The molecule has 1 aromatic rings. The minimum atomic E-state index is -4.17. The van der Waals surface area contributed by atoms with Crippen LogP contribution in [-0.2, 0) is 4.74 Å². The number of alkyl halides is 4. The van der Waals surface area contributed by atoms with Crippen LogP contribution in [0.2, 0.25) is 10.0 Å². The summed E-state index contributed by atoms with van der Waals surface area (Å²) in [4.78, 5) is 0. The fraction of sp³-hybridized carbons (Fsp3) is 0.500. The maximum absolute atomic E-state index is 12.7. The molecule has 0 aromatic heterocycles. The summed E-state index contributed by atoms with van der Waals surface area (Å²) in [7, 11) is 1.57. The highest BCUT2D eigenvalue weighted by Gasteiger charge is 2.41. The minimum absolute atomic E-state index is 0.237. The Morgan fingerprint density at radius 2 is 1.95 bits per heavy atom. The molecule has 0 fully saturated rings. The predicted molar refractivity (Wildman–Crippen MR) is 70.0 cm³/mol. The molecule has 0 saturated heterocycles. The topological polar surface area (TPSA) is 21.3 Å². The van der Waals surface area contributed by atoms with Crippen LogP contribution in [0.4, 0.5) is 17.6 Å². The third-order valence-electron chi connectivity index (χ3n) is 2.60. The van der Waals surface area contributed by atoms with Crippen molar-refractivity contribution >= 4 is 23.2 Å². The Morgan fingerprint density at radius 3 is 2.50 bits per heavy atom. The fourth-order valence-corrected chi connectivity index (χ4v) is 1.93. The van der Waals surface area contributed by atoms with Crippen LogP contribution in [-0.4, -0.2) is 32.6 Å². The van der Waals surface area contributed by atoms with Crippen LogP contribution in [0.1, 0.15) is 11.6 Å². The number of ether oxygens (including phenoxy) is 1. The first-order valence-electron chi connectivity index (χ1n) is 5.64. The van der Waals surface area contributed by atoms with Crippen LogP contribution in [0.5, 0.6) is 0 Å². The van der Waals surface area contributed by atoms with E-state index in [2.05, 4.69) is 10.1 Å². The molecule has 0 heterocycles. The maximum atomic E-state index is 12.7. The van der Waals surface area contributed by atoms with Crippen LogP contribution >= 0.6 is 23.2 Å². The van der Waals surface area contributed by atoms with Gasteiger partial charge in [-0.05, 0) is 18.7 Å². The highest BCUT2D eigenvalue weighted by atomic mass is 35.5. The molecule has 0 bridgehead atoms. The van der Waals surface area contributed by atoms with Gasteiger partial charge in [0.05, 0.1) is 22.7 Å². The number of benzene rings is 1. The van der Waals surface area contributed by atoms with E-state index in [1.807, 2.05) is 0 Å². The Morgan fingerprint density at radius 1 is 1.30 bits per heavy atom. The molecule has 0 amide bonds. The fourth-order valence-electron chi connectivity index (χ4n) is 1.49. The lowest BCUT2D eigenvalue weighted by Crippen LogP contribution is -2.34. The van der Waals surface area contributed by atoms with Gasteiger partial charge in [0.15, 0.2) is 0 Å². The SMILES string of the molecule is CNC(COCC(F)(F)C(F)F)c1cccc(Cl)c1Cl. The number of halogens is 6. The molecule has 2 nitrogen and oxygen atoms in total. The number of nitrogens with one attached hydrogen (secondary N) is 1. The summed E-state index contributed by atoms with van der Waals surface area (Å²) in [6.07, 6.45) is -3.76. The van der Waals surface area contributed by atoms with E-state index in [0.29, 0.717) is 10.6 Å². The maximum Gasteiger partial charge on any atom is 0.330 e. The molecule has 0 spiro atoms. The highest BCUT2D eigenvalue weighted by Crippen LogP contribution is 2.30. The first-order valence-corrected chi connectivity index (χ1v) is 6.40. The Kier molecular flexibility index (Phi) is 6.51. The molecule has 1 atom stereocenters. The number of likely N-dealkylation sites (N-methyl/N-ethyl adjacent to an activating group) is 1. The summed E-state index contributed by atoms with van der Waals surface area (Å²) >= 11 is 11.8. The number of hydrogen-bond donors (Lipinski definition) is 1. The molecule has 1 rings (SSSR count). The van der Waals surface area contributed by atoms with Gasteiger partial charge in [0.2, 0.25) is 0 Å². The average Bonchev–Trinajstić information content (AvgIpc) is 2.38. The summed E-state index contributed by atoms with van der Waals surface area (Å²) in [6.45, 7) is -1.60. The largest absolute Gasteiger partial charge is 0.373 e. The van der Waals surface area contributed by atoms with Crippen LogP contribution in [0.25, 0.3) is 0 Å². The first-order chi connectivity index (χ1) is 9.29. The molecule has 0 aliphatic carbocycles. The Balaban J connectivity index is 2.67. The molecule has 8 heteroatoms. The van der Waals surface area contributed by atoms with Crippen molar-refractivity contribution in [3.63, 3.8) is 0 Å². The molecule has 114 valence electrons. The number of rotatable bonds is 7. The quantitative estimate of drug-likeness (QED) is 0.756. The van der Waals surface area contributed by atoms with Crippen molar-refractivity contribution in [3.05, 3.63) is 33.8 Å². The molecule has 0 aliphatic heterocycles. The van der Waals surface area contributed by atoms with E-state index >= 15 is 0 Å². The second-order valence-electron chi connectivity index (χ2n) is 4.06. The lowest BCUT2D eigenvalue weighted by Gasteiger charge is -2.21.